The summed E-state index contributed by atoms with van der Waals surface area (Å²) in [6.07, 6.45) is 0. The van der Waals surface area contributed by atoms with Crippen molar-refractivity contribution in [1.82, 2.24) is 0 Å². The Hall–Kier alpha value is -0.440. The number of hydrogen-bond donors (Lipinski definition) is 1. The number of hydrogen-bond acceptors (Lipinski definition) is 5. The molecule has 1 aromatic rings. The van der Waals surface area contributed by atoms with Gasteiger partial charge in [-0.15, -0.1) is 0 Å². The number of nitrogen functional groups attached to an aromatic ring is 1. The topological polar surface area (TPSA) is 70.8 Å². The highest BCUT2D eigenvalue weighted by molar-refractivity contribution is 7.62. The summed E-state index contributed by atoms with van der Waals surface area (Å²) >= 11 is 0. The summed E-state index contributed by atoms with van der Waals surface area (Å²) in [7, 11) is -3.15. The lowest BCUT2D eigenvalue weighted by molar-refractivity contribution is 0.230. The van der Waals surface area contributed by atoms with Crippen molar-refractivity contribution >= 4 is 32.7 Å². The monoisotopic (exact) mass is 305 g/mol. The maximum atomic E-state index is 12.7. The lowest BCUT2D eigenvalue weighted by Crippen LogP contribution is -2.18. The number of nitrogens with two attached hydrogens (primary N) is 1. The van der Waals surface area contributed by atoms with Gasteiger partial charge in [-0.25, -0.2) is 0 Å². The van der Waals surface area contributed by atoms with Crippen LogP contribution in [-0.2, 0) is 18.1 Å². The Balaban J connectivity index is 3.10. The van der Waals surface area contributed by atoms with E-state index in [-0.39, 0.29) is 8.81 Å². The fraction of sp³-hybridized carbons (Fsp3) is 0.500. The van der Waals surface area contributed by atoms with Crippen molar-refractivity contribution in [2.45, 2.75) is 20.8 Å². The maximum Gasteiger partial charge on any atom is 0.363 e. The summed E-state index contributed by atoms with van der Waals surface area (Å²) in [4.78, 5) is 0. The third-order valence-corrected chi connectivity index (χ3v) is 5.41. The van der Waals surface area contributed by atoms with E-state index in [1.165, 1.54) is 0 Å². The molecule has 2 N–H and O–H groups in total. The van der Waals surface area contributed by atoms with Crippen molar-refractivity contribution in [2.24, 2.45) is 0 Å². The summed E-state index contributed by atoms with van der Waals surface area (Å²) in [6, 6.07) is 5.31. The second-order valence-corrected chi connectivity index (χ2v) is 6.70. The lowest BCUT2D eigenvalue weighted by Gasteiger charge is -2.19. The molecule has 0 aliphatic carbocycles. The van der Waals surface area contributed by atoms with Crippen molar-refractivity contribution in [2.75, 3.05) is 25.6 Å². The Morgan fingerprint density at radius 2 is 1.79 bits per heavy atom. The first-order valence-corrected chi connectivity index (χ1v) is 8.69. The zero-order valence-corrected chi connectivity index (χ0v) is 13.4. The van der Waals surface area contributed by atoms with Gasteiger partial charge in [0.25, 0.3) is 0 Å². The van der Waals surface area contributed by atoms with Crippen LogP contribution in [0, 0.1) is 0 Å². The van der Waals surface area contributed by atoms with Crippen molar-refractivity contribution in [3.8, 4) is 0 Å². The predicted molar refractivity (Wildman–Crippen MR) is 80.9 cm³/mol. The average Bonchev–Trinajstić information content (AvgIpc) is 2.38. The van der Waals surface area contributed by atoms with E-state index >= 15 is 0 Å². The molecule has 108 valence electrons. The van der Waals surface area contributed by atoms with E-state index in [1.54, 1.807) is 26.0 Å². The first-order chi connectivity index (χ1) is 9.07. The van der Waals surface area contributed by atoms with Crippen LogP contribution in [0.25, 0.3) is 0 Å². The van der Waals surface area contributed by atoms with Crippen molar-refractivity contribution in [3.63, 3.8) is 0 Å². The SMILES string of the molecule is CCOPc1ccc(N)c(P(=O)(OCC)OCC)c1. The third kappa shape index (κ3) is 4.55. The van der Waals surface area contributed by atoms with Crippen LogP contribution in [-0.4, -0.2) is 19.8 Å². The standard InChI is InChI=1S/C12H21NO4P2/c1-4-15-18-10-7-8-11(13)12(9-10)19(14,16-5-2)17-6-3/h7-9,18H,4-6,13H2,1-3H3. The lowest BCUT2D eigenvalue weighted by atomic mass is 10.3. The van der Waals surface area contributed by atoms with Gasteiger partial charge in [0, 0.05) is 26.4 Å². The Bertz CT molecular complexity index is 443. The van der Waals surface area contributed by atoms with Gasteiger partial charge in [0.1, 0.15) is 0 Å². The van der Waals surface area contributed by atoms with Gasteiger partial charge in [-0.1, -0.05) is 6.07 Å². The van der Waals surface area contributed by atoms with Gasteiger partial charge in [-0.2, -0.15) is 0 Å². The molecular weight excluding hydrogens is 284 g/mol. The first-order valence-electron chi connectivity index (χ1n) is 6.24. The fourth-order valence-electron chi connectivity index (χ4n) is 1.52. The number of benzene rings is 1. The van der Waals surface area contributed by atoms with Crippen LogP contribution in [0.15, 0.2) is 18.2 Å². The Morgan fingerprint density at radius 1 is 1.16 bits per heavy atom. The van der Waals surface area contributed by atoms with Crippen LogP contribution < -0.4 is 16.3 Å². The van der Waals surface area contributed by atoms with Gasteiger partial charge in [0.2, 0.25) is 0 Å². The molecule has 0 fully saturated rings. The van der Waals surface area contributed by atoms with E-state index in [2.05, 4.69) is 0 Å². The average molecular weight is 305 g/mol. The summed E-state index contributed by atoms with van der Waals surface area (Å²) in [5.74, 6) is 0. The van der Waals surface area contributed by atoms with Crippen LogP contribution in [0.5, 0.6) is 0 Å². The molecule has 5 nitrogen and oxygen atoms in total. The van der Waals surface area contributed by atoms with Crippen LogP contribution >= 0.6 is 16.4 Å². The predicted octanol–water partition coefficient (Wildman–Crippen LogP) is 2.42. The Labute approximate surface area is 116 Å². The molecule has 0 spiro atoms. The minimum absolute atomic E-state index is 0.193. The van der Waals surface area contributed by atoms with Crippen molar-refractivity contribution in [3.05, 3.63) is 18.2 Å². The minimum atomic E-state index is -3.34. The van der Waals surface area contributed by atoms with Crippen LogP contribution in [0.4, 0.5) is 5.69 Å². The molecule has 0 bridgehead atoms. The van der Waals surface area contributed by atoms with Crippen LogP contribution in [0.1, 0.15) is 20.8 Å². The normalized spacial score (nSPS) is 12.4. The molecule has 1 unspecified atom stereocenters. The molecular formula is C12H21NO4P2. The highest BCUT2D eigenvalue weighted by Crippen LogP contribution is 2.48. The van der Waals surface area contributed by atoms with E-state index in [1.807, 2.05) is 13.0 Å². The minimum Gasteiger partial charge on any atom is -0.398 e. The molecule has 0 heterocycles. The summed E-state index contributed by atoms with van der Waals surface area (Å²) < 4.78 is 28.7. The molecule has 0 amide bonds. The highest BCUT2D eigenvalue weighted by Gasteiger charge is 2.29. The maximum absolute atomic E-state index is 12.7. The molecule has 0 aliphatic rings. The van der Waals surface area contributed by atoms with Crippen molar-refractivity contribution in [1.29, 1.82) is 0 Å². The zero-order chi connectivity index (χ0) is 14.3. The molecule has 7 heteroatoms. The van der Waals surface area contributed by atoms with E-state index in [0.29, 0.717) is 30.8 Å². The molecule has 0 saturated heterocycles. The second-order valence-electron chi connectivity index (χ2n) is 3.64. The molecule has 0 radical (unpaired) electrons. The molecule has 1 aromatic carbocycles. The van der Waals surface area contributed by atoms with E-state index in [0.717, 1.165) is 5.30 Å². The van der Waals surface area contributed by atoms with E-state index in [4.69, 9.17) is 19.3 Å². The van der Waals surface area contributed by atoms with E-state index in [9.17, 15) is 4.57 Å². The quantitative estimate of drug-likeness (QED) is 0.590. The Morgan fingerprint density at radius 3 is 2.32 bits per heavy atom. The van der Waals surface area contributed by atoms with Crippen molar-refractivity contribution < 1.29 is 18.1 Å². The molecule has 0 aromatic heterocycles. The van der Waals surface area contributed by atoms with Crippen LogP contribution in [0.3, 0.4) is 0 Å². The molecule has 19 heavy (non-hydrogen) atoms. The van der Waals surface area contributed by atoms with Gasteiger partial charge in [0.15, 0.2) is 0 Å². The summed E-state index contributed by atoms with van der Waals surface area (Å²) in [5, 5.41) is 1.34. The summed E-state index contributed by atoms with van der Waals surface area (Å²) in [5.41, 5.74) is 6.31. The smallest absolute Gasteiger partial charge is 0.363 e. The van der Waals surface area contributed by atoms with Gasteiger partial charge in [-0.05, 0) is 32.9 Å². The zero-order valence-electron chi connectivity index (χ0n) is 11.5. The van der Waals surface area contributed by atoms with Gasteiger partial charge in [-0.3, -0.25) is 4.57 Å². The molecule has 0 saturated carbocycles. The van der Waals surface area contributed by atoms with Gasteiger partial charge >= 0.3 is 7.60 Å². The molecule has 1 rings (SSSR count). The first kappa shape index (κ1) is 16.6. The highest BCUT2D eigenvalue weighted by atomic mass is 31.2. The number of rotatable bonds is 8. The molecule has 1 atom stereocenters. The fourth-order valence-corrected chi connectivity index (χ4v) is 4.02. The van der Waals surface area contributed by atoms with Gasteiger partial charge in [0.05, 0.1) is 18.5 Å². The Kier molecular flexibility index (Phi) is 6.98. The van der Waals surface area contributed by atoms with Gasteiger partial charge < -0.3 is 19.3 Å². The molecule has 0 aliphatic heterocycles. The van der Waals surface area contributed by atoms with Crippen LogP contribution in [0.2, 0.25) is 0 Å². The summed E-state index contributed by atoms with van der Waals surface area (Å²) in [6.45, 7) is 6.70. The second kappa shape index (κ2) is 7.98. The largest absolute Gasteiger partial charge is 0.398 e. The van der Waals surface area contributed by atoms with E-state index < -0.39 is 7.60 Å². The number of anilines is 1. The third-order valence-electron chi connectivity index (χ3n) is 2.26.